The number of carbonyl (C=O) groups is 1. The van der Waals surface area contributed by atoms with Crippen molar-refractivity contribution in [2.24, 2.45) is 0 Å². The van der Waals surface area contributed by atoms with Crippen molar-refractivity contribution in [2.45, 2.75) is 26.7 Å². The second kappa shape index (κ2) is 10.3. The summed E-state index contributed by atoms with van der Waals surface area (Å²) in [6.07, 6.45) is 5.04. The number of esters is 1. The molecule has 5 nitrogen and oxygen atoms in total. The minimum Gasteiger partial charge on any atom is -0.497 e. The third-order valence-electron chi connectivity index (χ3n) is 4.34. The van der Waals surface area contributed by atoms with Gasteiger partial charge >= 0.3 is 11.6 Å². The van der Waals surface area contributed by atoms with Gasteiger partial charge < -0.3 is 13.9 Å². The quantitative estimate of drug-likeness (QED) is 0.390. The molecule has 0 aliphatic carbocycles. The first-order valence-corrected chi connectivity index (χ1v) is 9.32. The van der Waals surface area contributed by atoms with Crippen LogP contribution in [0.1, 0.15) is 26.7 Å². The summed E-state index contributed by atoms with van der Waals surface area (Å²) < 4.78 is 15.8. The third-order valence-corrected chi connectivity index (χ3v) is 4.34. The van der Waals surface area contributed by atoms with E-state index >= 15 is 0 Å². The lowest BCUT2D eigenvalue weighted by molar-refractivity contribution is -0.139. The minimum atomic E-state index is -0.431. The molecule has 2 rings (SSSR count). The Morgan fingerprint density at radius 3 is 2.52 bits per heavy atom. The molecule has 0 radical (unpaired) electrons. The van der Waals surface area contributed by atoms with E-state index in [1.807, 2.05) is 13.0 Å². The van der Waals surface area contributed by atoms with Crippen molar-refractivity contribution in [1.82, 2.24) is 0 Å². The molecule has 5 heteroatoms. The van der Waals surface area contributed by atoms with Gasteiger partial charge in [-0.3, -0.25) is 0 Å². The molecule has 1 aromatic carbocycles. The third kappa shape index (κ3) is 6.07. The highest BCUT2D eigenvalue weighted by molar-refractivity contribution is 5.86. The lowest BCUT2D eigenvalue weighted by Crippen LogP contribution is -2.29. The van der Waals surface area contributed by atoms with E-state index < -0.39 is 11.6 Å². The Morgan fingerprint density at radius 2 is 1.93 bits per heavy atom. The summed E-state index contributed by atoms with van der Waals surface area (Å²) in [4.78, 5) is 23.9. The zero-order chi connectivity index (χ0) is 21.4. The maximum atomic E-state index is 12.5. The summed E-state index contributed by atoms with van der Waals surface area (Å²) in [6, 6.07) is 8.91. The van der Waals surface area contributed by atoms with Gasteiger partial charge in [-0.05, 0) is 62.1 Å². The molecule has 0 aliphatic heterocycles. The lowest BCUT2D eigenvalue weighted by Gasteiger charge is -2.05. The predicted molar refractivity (Wildman–Crippen MR) is 115 cm³/mol. The molecular weight excluding hydrogens is 368 g/mol. The van der Waals surface area contributed by atoms with Crippen molar-refractivity contribution < 1.29 is 18.7 Å². The Bertz CT molecular complexity index is 1070. The van der Waals surface area contributed by atoms with E-state index in [9.17, 15) is 9.59 Å². The first kappa shape index (κ1) is 22.0. The van der Waals surface area contributed by atoms with Crippen LogP contribution in [-0.4, -0.2) is 19.7 Å². The van der Waals surface area contributed by atoms with Gasteiger partial charge in [0.1, 0.15) is 11.2 Å². The zero-order valence-electron chi connectivity index (χ0n) is 17.1. The van der Waals surface area contributed by atoms with Gasteiger partial charge in [0.05, 0.1) is 19.3 Å². The Kier molecular flexibility index (Phi) is 7.78. The number of allylic oxidation sites excluding steroid dienone is 2. The maximum Gasteiger partial charge on any atom is 0.344 e. The summed E-state index contributed by atoms with van der Waals surface area (Å²) in [5, 5.41) is 0.614. The van der Waals surface area contributed by atoms with E-state index in [-0.39, 0.29) is 0 Å². The van der Waals surface area contributed by atoms with Gasteiger partial charge in [0.2, 0.25) is 0 Å². The van der Waals surface area contributed by atoms with E-state index in [4.69, 9.17) is 13.9 Å². The van der Waals surface area contributed by atoms with E-state index in [1.165, 1.54) is 0 Å². The highest BCUT2D eigenvalue weighted by Gasteiger charge is 2.07. The van der Waals surface area contributed by atoms with Gasteiger partial charge in [0.15, 0.2) is 0 Å². The van der Waals surface area contributed by atoms with Crippen LogP contribution in [0.5, 0.6) is 5.75 Å². The van der Waals surface area contributed by atoms with Crippen LogP contribution in [0.15, 0.2) is 63.3 Å². The van der Waals surface area contributed by atoms with E-state index in [2.05, 4.69) is 13.2 Å². The molecule has 0 saturated carbocycles. The second-order valence-corrected chi connectivity index (χ2v) is 6.59. The molecule has 0 amide bonds. The number of benzene rings is 1. The largest absolute Gasteiger partial charge is 0.497 e. The van der Waals surface area contributed by atoms with Crippen molar-refractivity contribution in [3.8, 4) is 16.9 Å². The maximum absolute atomic E-state index is 12.5. The molecule has 2 aromatic rings. The molecule has 0 N–H and O–H groups in total. The number of hydrogen-bond acceptors (Lipinski definition) is 5. The van der Waals surface area contributed by atoms with Gasteiger partial charge in [-0.15, -0.1) is 0 Å². The van der Waals surface area contributed by atoms with Crippen molar-refractivity contribution in [3.05, 3.63) is 75.2 Å². The number of hydrogen-bond donors (Lipinski definition) is 0. The van der Waals surface area contributed by atoms with Crippen molar-refractivity contribution in [1.29, 1.82) is 0 Å². The molecule has 0 bridgehead atoms. The Hall–Kier alpha value is -3.34. The molecule has 0 atom stereocenters. The van der Waals surface area contributed by atoms with Crippen LogP contribution < -0.4 is 21.0 Å². The highest BCUT2D eigenvalue weighted by atomic mass is 16.5. The van der Waals surface area contributed by atoms with Gasteiger partial charge in [-0.25, -0.2) is 9.59 Å². The molecular formula is C24H26O5. The van der Waals surface area contributed by atoms with Crippen LogP contribution in [0.3, 0.4) is 0 Å². The van der Waals surface area contributed by atoms with Gasteiger partial charge in [0, 0.05) is 10.8 Å². The summed E-state index contributed by atoms with van der Waals surface area (Å²) in [5.41, 5.74) is 2.51. The second-order valence-electron chi connectivity index (χ2n) is 6.59. The first-order chi connectivity index (χ1) is 13.8. The van der Waals surface area contributed by atoms with Crippen LogP contribution in [0.4, 0.5) is 0 Å². The number of carbonyl (C=O) groups excluding carboxylic acids is 1. The summed E-state index contributed by atoms with van der Waals surface area (Å²) in [6.45, 7) is 11.4. The van der Waals surface area contributed by atoms with Crippen LogP contribution in [0.2, 0.25) is 0 Å². The molecule has 152 valence electrons. The summed E-state index contributed by atoms with van der Waals surface area (Å²) in [5.74, 6) is 0.320. The van der Waals surface area contributed by atoms with Crippen LogP contribution in [0, 0.1) is 0 Å². The SMILES string of the molecule is C=C(C)C(=O)OCCCC(=C/C)/C=c1/oc(=O)c(-c2ccc(OC)cc2)cc1=C. The predicted octanol–water partition coefficient (Wildman–Crippen LogP) is 3.35. The highest BCUT2D eigenvalue weighted by Crippen LogP contribution is 2.18. The average molecular weight is 394 g/mol. The Balaban J connectivity index is 2.18. The Morgan fingerprint density at radius 1 is 1.24 bits per heavy atom. The molecule has 0 saturated heterocycles. The van der Waals surface area contributed by atoms with Crippen LogP contribution >= 0.6 is 0 Å². The van der Waals surface area contributed by atoms with Crippen molar-refractivity contribution >= 4 is 18.6 Å². The molecule has 0 fully saturated rings. The first-order valence-electron chi connectivity index (χ1n) is 9.32. The lowest BCUT2D eigenvalue weighted by atomic mass is 10.1. The normalized spacial score (nSPS) is 12.0. The number of ether oxygens (including phenoxy) is 2. The molecule has 0 unspecified atom stereocenters. The fourth-order valence-corrected chi connectivity index (χ4v) is 2.65. The topological polar surface area (TPSA) is 65.7 Å². The van der Waals surface area contributed by atoms with Gasteiger partial charge in [-0.1, -0.05) is 31.4 Å². The zero-order valence-corrected chi connectivity index (χ0v) is 17.1. The summed E-state index contributed by atoms with van der Waals surface area (Å²) >= 11 is 0. The van der Waals surface area contributed by atoms with Gasteiger partial charge in [0.25, 0.3) is 0 Å². The van der Waals surface area contributed by atoms with Crippen molar-refractivity contribution in [2.75, 3.05) is 13.7 Å². The molecule has 0 aliphatic rings. The Labute approximate surface area is 170 Å². The van der Waals surface area contributed by atoms with E-state index in [1.54, 1.807) is 50.4 Å². The van der Waals surface area contributed by atoms with Crippen LogP contribution in [-0.2, 0) is 9.53 Å². The molecule has 29 heavy (non-hydrogen) atoms. The smallest absolute Gasteiger partial charge is 0.344 e. The summed E-state index contributed by atoms with van der Waals surface area (Å²) in [7, 11) is 1.59. The fraction of sp³-hybridized carbons (Fsp3) is 0.250. The molecule has 1 heterocycles. The standard InChI is InChI=1S/C24H26O5/c1-6-18(8-7-13-28-23(25)16(2)3)15-22-17(4)14-21(24(26)29-22)19-9-11-20(27-5)12-10-19/h6,9-12,14-15H,2,4,7-8,13H2,1,3,5H3/b18-6-,22-15+. The fourth-order valence-electron chi connectivity index (χ4n) is 2.65. The average Bonchev–Trinajstić information content (AvgIpc) is 2.72. The van der Waals surface area contributed by atoms with Gasteiger partial charge in [-0.2, -0.15) is 0 Å². The monoisotopic (exact) mass is 394 g/mol. The molecule has 1 aromatic heterocycles. The van der Waals surface area contributed by atoms with Crippen molar-refractivity contribution in [3.63, 3.8) is 0 Å². The van der Waals surface area contributed by atoms with Crippen LogP contribution in [0.25, 0.3) is 23.8 Å². The number of methoxy groups -OCH3 is 1. The molecule has 0 spiro atoms. The van der Waals surface area contributed by atoms with E-state index in [0.717, 1.165) is 11.1 Å². The van der Waals surface area contributed by atoms with E-state index in [0.29, 0.717) is 47.0 Å². The minimum absolute atomic E-state index is 0.300. The number of rotatable bonds is 8.